The average Bonchev–Trinajstić information content (AvgIpc) is 2.72. The van der Waals surface area contributed by atoms with Gasteiger partial charge in [-0.15, -0.1) is 5.10 Å². The van der Waals surface area contributed by atoms with Gasteiger partial charge in [0.2, 0.25) is 0 Å². The van der Waals surface area contributed by atoms with Crippen molar-refractivity contribution >= 4 is 5.84 Å². The van der Waals surface area contributed by atoms with E-state index < -0.39 is 6.55 Å². The molecular weight excluding hydrogens is 232 g/mol. The van der Waals surface area contributed by atoms with E-state index in [9.17, 15) is 8.78 Å². The van der Waals surface area contributed by atoms with Gasteiger partial charge in [-0.2, -0.15) is 8.78 Å². The third kappa shape index (κ3) is 2.06. The Kier molecular flexibility index (Phi) is 2.94. The Balaban J connectivity index is 2.48. The summed E-state index contributed by atoms with van der Waals surface area (Å²) >= 11 is 0. The van der Waals surface area contributed by atoms with Gasteiger partial charge >= 0.3 is 6.55 Å². The third-order valence-corrected chi connectivity index (χ3v) is 2.37. The van der Waals surface area contributed by atoms with Crippen LogP contribution in [0.3, 0.4) is 0 Å². The molecule has 7 nitrogen and oxygen atoms in total. The highest BCUT2D eigenvalue weighted by molar-refractivity contribution is 5.94. The monoisotopic (exact) mass is 245 g/mol. The highest BCUT2D eigenvalue weighted by Gasteiger charge is 2.27. The Morgan fingerprint density at radius 3 is 2.88 bits per heavy atom. The summed E-state index contributed by atoms with van der Waals surface area (Å²) < 4.78 is 26.7. The minimum atomic E-state index is -2.71. The van der Waals surface area contributed by atoms with Gasteiger partial charge in [0.05, 0.1) is 11.4 Å². The molecular formula is C8H13F2N7. The maximum atomic E-state index is 13.0. The number of rotatable bonds is 3. The highest BCUT2D eigenvalue weighted by atomic mass is 19.3. The lowest BCUT2D eigenvalue weighted by Gasteiger charge is -2.10. The summed E-state index contributed by atoms with van der Waals surface area (Å²) in [7, 11) is 1.44. The van der Waals surface area contributed by atoms with Crippen LogP contribution in [0.2, 0.25) is 0 Å². The fourth-order valence-corrected chi connectivity index (χ4v) is 1.75. The zero-order chi connectivity index (χ0) is 12.6. The molecule has 0 aliphatic carbocycles. The van der Waals surface area contributed by atoms with Gasteiger partial charge in [0, 0.05) is 20.1 Å². The molecule has 0 bridgehead atoms. The number of nitrogens with two attached hydrogens (primary N) is 2. The SMILES string of the molecule is CN(N)/N=C(\N)c1nc2c(n1C(F)F)CNC2. The van der Waals surface area contributed by atoms with Crippen molar-refractivity contribution in [3.63, 3.8) is 0 Å². The van der Waals surface area contributed by atoms with Crippen molar-refractivity contribution in [3.8, 4) is 0 Å². The van der Waals surface area contributed by atoms with Crippen molar-refractivity contribution in [1.82, 2.24) is 20.0 Å². The lowest BCUT2D eigenvalue weighted by atomic mass is 10.4. The molecule has 5 N–H and O–H groups in total. The second kappa shape index (κ2) is 4.26. The third-order valence-electron chi connectivity index (χ3n) is 2.37. The first-order valence-corrected chi connectivity index (χ1v) is 4.92. The molecule has 0 amide bonds. The van der Waals surface area contributed by atoms with Gasteiger partial charge < -0.3 is 11.1 Å². The summed E-state index contributed by atoms with van der Waals surface area (Å²) in [5.41, 5.74) is 6.59. The molecule has 1 aromatic heterocycles. The fourth-order valence-electron chi connectivity index (χ4n) is 1.75. The standard InChI is InChI=1S/C8H13F2N7/c1-16(12)15-6(11)7-14-4-2-13-3-5(4)17(7)8(9)10/h8,13H,2-3,12H2,1H3,(H2,11,15). The molecule has 0 aromatic carbocycles. The van der Waals surface area contributed by atoms with E-state index in [-0.39, 0.29) is 11.7 Å². The number of halogens is 2. The normalized spacial score (nSPS) is 15.5. The number of aromatic nitrogens is 2. The molecule has 0 radical (unpaired) electrons. The quantitative estimate of drug-likeness (QED) is 0.283. The zero-order valence-electron chi connectivity index (χ0n) is 9.19. The minimum Gasteiger partial charge on any atom is -0.379 e. The number of nitrogens with zero attached hydrogens (tertiary/aromatic N) is 4. The maximum Gasteiger partial charge on any atom is 0.320 e. The molecule has 1 aliphatic heterocycles. The fraction of sp³-hybridized carbons (Fsp3) is 0.500. The molecule has 94 valence electrons. The van der Waals surface area contributed by atoms with E-state index in [2.05, 4.69) is 15.4 Å². The number of imidazole rings is 1. The number of alkyl halides is 2. The zero-order valence-corrected chi connectivity index (χ0v) is 9.19. The van der Waals surface area contributed by atoms with Gasteiger partial charge in [0.15, 0.2) is 11.7 Å². The molecule has 9 heteroatoms. The van der Waals surface area contributed by atoms with Crippen molar-refractivity contribution in [2.24, 2.45) is 16.7 Å². The number of hydrazone groups is 1. The maximum absolute atomic E-state index is 13.0. The Morgan fingerprint density at radius 1 is 1.59 bits per heavy atom. The smallest absolute Gasteiger partial charge is 0.320 e. The van der Waals surface area contributed by atoms with Crippen LogP contribution >= 0.6 is 0 Å². The number of amidine groups is 1. The van der Waals surface area contributed by atoms with Crippen molar-refractivity contribution in [3.05, 3.63) is 17.2 Å². The number of fused-ring (bicyclic) bond motifs is 1. The molecule has 0 atom stereocenters. The highest BCUT2D eigenvalue weighted by Crippen LogP contribution is 2.23. The summed E-state index contributed by atoms with van der Waals surface area (Å²) in [6.45, 7) is -1.91. The van der Waals surface area contributed by atoms with Crippen LogP contribution in [-0.2, 0) is 13.1 Å². The topological polar surface area (TPSA) is 97.5 Å². The molecule has 0 saturated carbocycles. The molecule has 2 rings (SSSR count). The Labute approximate surface area is 96.0 Å². The van der Waals surface area contributed by atoms with Crippen LogP contribution in [0.4, 0.5) is 8.78 Å². The van der Waals surface area contributed by atoms with Crippen LogP contribution in [0.1, 0.15) is 23.8 Å². The largest absolute Gasteiger partial charge is 0.379 e. The number of hydrogen-bond acceptors (Lipinski definition) is 5. The van der Waals surface area contributed by atoms with Crippen molar-refractivity contribution in [1.29, 1.82) is 0 Å². The van der Waals surface area contributed by atoms with Gasteiger partial charge in [-0.25, -0.2) is 15.9 Å². The summed E-state index contributed by atoms with van der Waals surface area (Å²) in [4.78, 5) is 4.05. The summed E-state index contributed by atoms with van der Waals surface area (Å²) in [5, 5.41) is 7.56. The lowest BCUT2D eigenvalue weighted by Crippen LogP contribution is -2.28. The van der Waals surface area contributed by atoms with Crippen LogP contribution in [-0.4, -0.2) is 27.6 Å². The minimum absolute atomic E-state index is 0.0520. The molecule has 0 saturated heterocycles. The summed E-state index contributed by atoms with van der Waals surface area (Å²) in [6, 6.07) is 0. The molecule has 17 heavy (non-hydrogen) atoms. The first kappa shape index (κ1) is 11.7. The Morgan fingerprint density at radius 2 is 2.29 bits per heavy atom. The van der Waals surface area contributed by atoms with E-state index in [1.54, 1.807) is 0 Å². The predicted molar refractivity (Wildman–Crippen MR) is 56.7 cm³/mol. The van der Waals surface area contributed by atoms with E-state index in [1.807, 2.05) is 0 Å². The molecule has 0 spiro atoms. The number of hydrazine groups is 1. The first-order valence-electron chi connectivity index (χ1n) is 4.92. The number of nitrogens with one attached hydrogen (secondary N) is 1. The predicted octanol–water partition coefficient (Wildman–Crippen LogP) is -0.693. The second-order valence-corrected chi connectivity index (χ2v) is 3.64. The van der Waals surface area contributed by atoms with E-state index in [1.165, 1.54) is 7.05 Å². The van der Waals surface area contributed by atoms with E-state index >= 15 is 0 Å². The van der Waals surface area contributed by atoms with Crippen molar-refractivity contribution in [2.45, 2.75) is 19.6 Å². The van der Waals surface area contributed by atoms with Crippen LogP contribution in [0, 0.1) is 0 Å². The average molecular weight is 245 g/mol. The van der Waals surface area contributed by atoms with Crippen LogP contribution < -0.4 is 16.9 Å². The molecule has 1 aromatic rings. The van der Waals surface area contributed by atoms with Crippen molar-refractivity contribution in [2.75, 3.05) is 7.05 Å². The Bertz CT molecular complexity index is 451. The number of hydrogen-bond donors (Lipinski definition) is 3. The van der Waals surface area contributed by atoms with Crippen LogP contribution in [0.5, 0.6) is 0 Å². The van der Waals surface area contributed by atoms with Gasteiger partial charge in [-0.3, -0.25) is 4.57 Å². The lowest BCUT2D eigenvalue weighted by molar-refractivity contribution is 0.0666. The Hall–Kier alpha value is -1.74. The van der Waals surface area contributed by atoms with E-state index in [0.29, 0.717) is 24.5 Å². The van der Waals surface area contributed by atoms with E-state index in [4.69, 9.17) is 11.6 Å². The second-order valence-electron chi connectivity index (χ2n) is 3.64. The molecule has 0 fully saturated rings. The van der Waals surface area contributed by atoms with Crippen LogP contribution in [0.25, 0.3) is 0 Å². The molecule has 2 heterocycles. The van der Waals surface area contributed by atoms with Gasteiger partial charge in [-0.1, -0.05) is 0 Å². The summed E-state index contributed by atoms with van der Waals surface area (Å²) in [5.74, 6) is 5.09. The first-order chi connectivity index (χ1) is 8.00. The molecule has 0 unspecified atom stereocenters. The summed E-state index contributed by atoms with van der Waals surface area (Å²) in [6.07, 6.45) is 0. The van der Waals surface area contributed by atoms with Crippen LogP contribution in [0.15, 0.2) is 5.10 Å². The van der Waals surface area contributed by atoms with E-state index in [0.717, 1.165) is 9.69 Å². The van der Waals surface area contributed by atoms with Crippen molar-refractivity contribution < 1.29 is 8.78 Å². The van der Waals surface area contributed by atoms with Gasteiger partial charge in [0.1, 0.15) is 0 Å². The molecule has 1 aliphatic rings. The van der Waals surface area contributed by atoms with Gasteiger partial charge in [0.25, 0.3) is 0 Å². The van der Waals surface area contributed by atoms with Gasteiger partial charge in [-0.05, 0) is 0 Å².